The zero-order chi connectivity index (χ0) is 8.27. The van der Waals surface area contributed by atoms with Crippen LogP contribution in [0.3, 0.4) is 0 Å². The van der Waals surface area contributed by atoms with Gasteiger partial charge in [-0.25, -0.2) is 0 Å². The Morgan fingerprint density at radius 2 is 1.82 bits per heavy atom. The monoisotopic (exact) mass is 155 g/mol. The third-order valence-electron chi connectivity index (χ3n) is 1.88. The fourth-order valence-electron chi connectivity index (χ4n) is 1.07. The van der Waals surface area contributed by atoms with E-state index in [4.69, 9.17) is 0 Å². The molecule has 0 aliphatic carbocycles. The van der Waals surface area contributed by atoms with Crippen molar-refractivity contribution < 1.29 is 9.59 Å². The molecule has 11 heavy (non-hydrogen) atoms. The van der Waals surface area contributed by atoms with E-state index in [0.29, 0.717) is 13.1 Å². The molecule has 0 unspecified atom stereocenters. The lowest BCUT2D eigenvalue weighted by atomic mass is 10.3. The van der Waals surface area contributed by atoms with Gasteiger partial charge in [0, 0.05) is 26.2 Å². The number of hydrogen-bond acceptors (Lipinski definition) is 3. The second kappa shape index (κ2) is 3.48. The van der Waals surface area contributed by atoms with E-state index in [9.17, 15) is 9.59 Å². The lowest BCUT2D eigenvalue weighted by Gasteiger charge is -2.30. The quantitative estimate of drug-likeness (QED) is 0.450. The molecule has 0 spiro atoms. The predicted octanol–water partition coefficient (Wildman–Crippen LogP) is -1.13. The number of nitrogens with zero attached hydrogens (tertiary/aromatic N) is 2. The van der Waals surface area contributed by atoms with Crippen LogP contribution in [0.1, 0.15) is 0 Å². The maximum atomic E-state index is 10.8. The summed E-state index contributed by atoms with van der Waals surface area (Å²) in [5.74, 6) is -0.516. The molecule has 1 radical (unpaired) electrons. The number of likely N-dealkylation sites (N-methyl/N-ethyl adjacent to an activating group) is 1. The van der Waals surface area contributed by atoms with Gasteiger partial charge in [-0.05, 0) is 7.05 Å². The van der Waals surface area contributed by atoms with Gasteiger partial charge in [-0.1, -0.05) is 0 Å². The van der Waals surface area contributed by atoms with Crippen molar-refractivity contribution in [3.63, 3.8) is 0 Å². The highest BCUT2D eigenvalue weighted by molar-refractivity contribution is 6.23. The Kier molecular flexibility index (Phi) is 2.59. The zero-order valence-corrected chi connectivity index (χ0v) is 6.54. The highest BCUT2D eigenvalue weighted by atomic mass is 16.2. The summed E-state index contributed by atoms with van der Waals surface area (Å²) in [4.78, 5) is 24.4. The molecule has 1 aliphatic rings. The molecule has 61 valence electrons. The van der Waals surface area contributed by atoms with Crippen LogP contribution in [0.4, 0.5) is 0 Å². The van der Waals surface area contributed by atoms with Crippen molar-refractivity contribution >= 4 is 12.2 Å². The molecule has 4 nitrogen and oxygen atoms in total. The van der Waals surface area contributed by atoms with Crippen LogP contribution in [0.2, 0.25) is 0 Å². The van der Waals surface area contributed by atoms with Gasteiger partial charge in [-0.3, -0.25) is 9.59 Å². The Hall–Kier alpha value is -0.900. The van der Waals surface area contributed by atoms with Crippen molar-refractivity contribution in [3.8, 4) is 0 Å². The predicted molar refractivity (Wildman–Crippen MR) is 39.8 cm³/mol. The van der Waals surface area contributed by atoms with Crippen LogP contribution in [0, 0.1) is 0 Å². The van der Waals surface area contributed by atoms with Crippen molar-refractivity contribution in [3.05, 3.63) is 0 Å². The van der Waals surface area contributed by atoms with Gasteiger partial charge < -0.3 is 9.80 Å². The molecule has 0 saturated carbocycles. The number of carbonyl (C=O) groups excluding carboxylic acids is 2. The molecule has 1 fully saturated rings. The fraction of sp³-hybridized carbons (Fsp3) is 0.714. The molecule has 0 bridgehead atoms. The van der Waals surface area contributed by atoms with Crippen LogP contribution in [0.5, 0.6) is 0 Å². The molecule has 1 amide bonds. The second-order valence-corrected chi connectivity index (χ2v) is 2.70. The van der Waals surface area contributed by atoms with Gasteiger partial charge in [0.05, 0.1) is 0 Å². The lowest BCUT2D eigenvalue weighted by molar-refractivity contribution is -0.125. The van der Waals surface area contributed by atoms with Crippen LogP contribution in [-0.2, 0) is 9.59 Å². The van der Waals surface area contributed by atoms with E-state index in [1.807, 2.05) is 7.05 Å². The zero-order valence-electron chi connectivity index (χ0n) is 6.54. The number of rotatable bonds is 1. The Balaban J connectivity index is 2.38. The Labute approximate surface area is 65.8 Å². The summed E-state index contributed by atoms with van der Waals surface area (Å²) >= 11 is 0. The van der Waals surface area contributed by atoms with Crippen molar-refractivity contribution in [2.24, 2.45) is 0 Å². The Morgan fingerprint density at radius 1 is 1.27 bits per heavy atom. The summed E-state index contributed by atoms with van der Waals surface area (Å²) < 4.78 is 0. The minimum atomic E-state index is -0.516. The van der Waals surface area contributed by atoms with Gasteiger partial charge in [0.2, 0.25) is 0 Å². The summed E-state index contributed by atoms with van der Waals surface area (Å²) in [5.41, 5.74) is 0. The van der Waals surface area contributed by atoms with E-state index in [-0.39, 0.29) is 0 Å². The SMILES string of the molecule is CN1CCN(C(=O)[C]=O)CC1. The first-order chi connectivity index (χ1) is 5.24. The molecular weight excluding hydrogens is 144 g/mol. The molecule has 1 saturated heterocycles. The van der Waals surface area contributed by atoms with Crippen molar-refractivity contribution in [2.75, 3.05) is 33.2 Å². The molecule has 0 aromatic heterocycles. The van der Waals surface area contributed by atoms with Gasteiger partial charge in [-0.15, -0.1) is 0 Å². The second-order valence-electron chi connectivity index (χ2n) is 2.70. The first-order valence-corrected chi connectivity index (χ1v) is 3.59. The smallest absolute Gasteiger partial charge is 0.298 e. The third-order valence-corrected chi connectivity index (χ3v) is 1.88. The molecule has 4 heteroatoms. The number of hydrogen-bond donors (Lipinski definition) is 0. The fourth-order valence-corrected chi connectivity index (χ4v) is 1.07. The van der Waals surface area contributed by atoms with Crippen LogP contribution < -0.4 is 0 Å². The molecule has 1 rings (SSSR count). The largest absolute Gasteiger partial charge is 0.333 e. The van der Waals surface area contributed by atoms with Crippen molar-refractivity contribution in [2.45, 2.75) is 0 Å². The molecule has 0 aromatic rings. The van der Waals surface area contributed by atoms with Crippen molar-refractivity contribution in [1.82, 2.24) is 9.80 Å². The third kappa shape index (κ3) is 2.01. The van der Waals surface area contributed by atoms with E-state index in [0.717, 1.165) is 13.1 Å². The molecule has 0 atom stereocenters. The van der Waals surface area contributed by atoms with Gasteiger partial charge in [0.25, 0.3) is 12.2 Å². The minimum Gasteiger partial charge on any atom is -0.333 e. The number of piperazine rings is 1. The van der Waals surface area contributed by atoms with Gasteiger partial charge in [-0.2, -0.15) is 0 Å². The molecular formula is C7H11N2O2. The average molecular weight is 155 g/mol. The Morgan fingerprint density at radius 3 is 2.27 bits per heavy atom. The summed E-state index contributed by atoms with van der Waals surface area (Å²) in [6.07, 6.45) is 1.37. The maximum absolute atomic E-state index is 10.8. The van der Waals surface area contributed by atoms with E-state index in [1.165, 1.54) is 11.2 Å². The van der Waals surface area contributed by atoms with E-state index >= 15 is 0 Å². The first kappa shape index (κ1) is 8.20. The van der Waals surface area contributed by atoms with E-state index in [1.54, 1.807) is 0 Å². The highest BCUT2D eigenvalue weighted by Gasteiger charge is 2.18. The highest BCUT2D eigenvalue weighted by Crippen LogP contribution is 1.97. The van der Waals surface area contributed by atoms with Gasteiger partial charge in [0.1, 0.15) is 0 Å². The summed E-state index contributed by atoms with van der Waals surface area (Å²) in [6.45, 7) is 2.97. The van der Waals surface area contributed by atoms with E-state index in [2.05, 4.69) is 4.90 Å². The van der Waals surface area contributed by atoms with E-state index < -0.39 is 5.91 Å². The first-order valence-electron chi connectivity index (χ1n) is 3.59. The van der Waals surface area contributed by atoms with Gasteiger partial charge in [0.15, 0.2) is 0 Å². The normalized spacial score (nSPS) is 19.9. The van der Waals surface area contributed by atoms with Crippen LogP contribution in [-0.4, -0.2) is 55.2 Å². The summed E-state index contributed by atoms with van der Waals surface area (Å²) in [6, 6.07) is 0. The summed E-state index contributed by atoms with van der Waals surface area (Å²) in [7, 11) is 1.99. The Bertz CT molecular complexity index is 162. The minimum absolute atomic E-state index is 0.516. The standard InChI is InChI=1S/C7H11N2O2/c1-8-2-4-9(5-3-8)7(11)6-10/h2-5H2,1H3. The average Bonchev–Trinajstić information content (AvgIpc) is 2.05. The summed E-state index contributed by atoms with van der Waals surface area (Å²) in [5, 5.41) is 0. The maximum Gasteiger partial charge on any atom is 0.298 e. The number of carbonyl (C=O) groups is 1. The van der Waals surface area contributed by atoms with Gasteiger partial charge >= 0.3 is 0 Å². The molecule has 1 heterocycles. The van der Waals surface area contributed by atoms with Crippen LogP contribution in [0.25, 0.3) is 0 Å². The molecule has 1 aliphatic heterocycles. The lowest BCUT2D eigenvalue weighted by Crippen LogP contribution is -2.47. The topological polar surface area (TPSA) is 40.6 Å². The van der Waals surface area contributed by atoms with Crippen LogP contribution in [0.15, 0.2) is 0 Å². The number of amides is 1. The van der Waals surface area contributed by atoms with Crippen molar-refractivity contribution in [1.29, 1.82) is 0 Å². The van der Waals surface area contributed by atoms with Crippen LogP contribution >= 0.6 is 0 Å². The molecule has 0 aromatic carbocycles. The molecule has 0 N–H and O–H groups in total.